The van der Waals surface area contributed by atoms with Crippen LogP contribution in [0.3, 0.4) is 0 Å². The molecule has 8 heteroatoms. The minimum Gasteiger partial charge on any atom is -0.452 e. The number of likely N-dealkylation sites (N-methyl/N-ethyl adjacent to an activating group) is 1. The summed E-state index contributed by atoms with van der Waals surface area (Å²) in [6, 6.07) is 6.60. The van der Waals surface area contributed by atoms with Gasteiger partial charge in [0.05, 0.1) is 17.1 Å². The second kappa shape index (κ2) is 8.02. The number of amides is 1. The Morgan fingerprint density at radius 3 is 2.46 bits per heavy atom. The molecule has 0 N–H and O–H groups in total. The number of ether oxygens (including phenoxy) is 1. The van der Waals surface area contributed by atoms with E-state index in [1.807, 2.05) is 18.4 Å². The molecule has 1 amide bonds. The molecule has 1 heterocycles. The van der Waals surface area contributed by atoms with Gasteiger partial charge >= 0.3 is 5.97 Å². The van der Waals surface area contributed by atoms with E-state index in [1.165, 1.54) is 4.90 Å². The summed E-state index contributed by atoms with van der Waals surface area (Å²) in [4.78, 5) is 26.8. The predicted octanol–water partition coefficient (Wildman–Crippen LogP) is 1.60. The van der Waals surface area contributed by atoms with Gasteiger partial charge < -0.3 is 9.64 Å². The Morgan fingerprint density at radius 2 is 1.96 bits per heavy atom. The van der Waals surface area contributed by atoms with Crippen LogP contribution in [0.1, 0.15) is 23.7 Å². The fourth-order valence-electron chi connectivity index (χ4n) is 2.68. The largest absolute Gasteiger partial charge is 0.452 e. The van der Waals surface area contributed by atoms with Crippen molar-refractivity contribution in [3.05, 3.63) is 29.8 Å². The normalized spacial score (nSPS) is 19.0. The molecular weight excluding hydrogens is 350 g/mol. The lowest BCUT2D eigenvalue weighted by Crippen LogP contribution is -2.43. The van der Waals surface area contributed by atoms with E-state index in [-0.39, 0.29) is 30.1 Å². The highest BCUT2D eigenvalue weighted by molar-refractivity contribution is 7.98. The number of sulfone groups is 1. The maximum absolute atomic E-state index is 12.3. The molecule has 1 aromatic carbocycles. The number of nitrogens with zero attached hydrogens (tertiary/aromatic N) is 1. The smallest absolute Gasteiger partial charge is 0.338 e. The van der Waals surface area contributed by atoms with Crippen LogP contribution in [-0.2, 0) is 19.4 Å². The maximum atomic E-state index is 12.3. The standard InChI is InChI=1S/C16H21NO5S2/c1-3-17(13-8-9-24(20,21)11-13)15(18)10-22-16(19)12-4-6-14(23-2)7-5-12/h4-7,13H,3,8-11H2,1-2H3/t13-/m1/s1. The van der Waals surface area contributed by atoms with Crippen LogP contribution in [0, 0.1) is 0 Å². The molecule has 132 valence electrons. The lowest BCUT2D eigenvalue weighted by Gasteiger charge is -2.26. The minimum absolute atomic E-state index is 0.0172. The zero-order chi connectivity index (χ0) is 17.7. The van der Waals surface area contributed by atoms with Gasteiger partial charge in [-0.2, -0.15) is 0 Å². The van der Waals surface area contributed by atoms with Crippen LogP contribution in [0.4, 0.5) is 0 Å². The minimum atomic E-state index is -3.07. The first-order chi connectivity index (χ1) is 11.4. The Labute approximate surface area is 146 Å². The van der Waals surface area contributed by atoms with E-state index in [0.29, 0.717) is 18.5 Å². The van der Waals surface area contributed by atoms with Crippen LogP contribution in [0.2, 0.25) is 0 Å². The number of thioether (sulfide) groups is 1. The number of hydrogen-bond acceptors (Lipinski definition) is 6. The number of carbonyl (C=O) groups excluding carboxylic acids is 2. The van der Waals surface area contributed by atoms with Crippen molar-refractivity contribution in [1.82, 2.24) is 4.90 Å². The molecule has 1 aliphatic rings. The van der Waals surface area contributed by atoms with Crippen LogP contribution in [0.15, 0.2) is 29.2 Å². The monoisotopic (exact) mass is 371 g/mol. The molecule has 1 atom stereocenters. The second-order valence-electron chi connectivity index (χ2n) is 5.54. The van der Waals surface area contributed by atoms with Crippen molar-refractivity contribution < 1.29 is 22.7 Å². The Balaban J connectivity index is 1.92. The number of carbonyl (C=O) groups is 2. The Kier molecular flexibility index (Phi) is 6.28. The zero-order valence-electron chi connectivity index (χ0n) is 13.7. The third-order valence-corrected chi connectivity index (χ3v) is 6.46. The van der Waals surface area contributed by atoms with Gasteiger partial charge in [-0.1, -0.05) is 0 Å². The SMILES string of the molecule is CCN(C(=O)COC(=O)c1ccc(SC)cc1)[C@@H]1CCS(=O)(=O)C1. The molecule has 1 saturated heterocycles. The molecule has 1 aliphatic heterocycles. The van der Waals surface area contributed by atoms with Gasteiger partial charge in [-0.15, -0.1) is 11.8 Å². The van der Waals surface area contributed by atoms with Gasteiger partial charge in [0.1, 0.15) is 0 Å². The second-order valence-corrected chi connectivity index (χ2v) is 8.65. The maximum Gasteiger partial charge on any atom is 0.338 e. The molecule has 2 rings (SSSR count). The quantitative estimate of drug-likeness (QED) is 0.558. The van der Waals surface area contributed by atoms with Crippen LogP contribution in [-0.4, -0.2) is 62.1 Å². The molecule has 0 aromatic heterocycles. The molecular formula is C16H21NO5S2. The van der Waals surface area contributed by atoms with Crippen LogP contribution in [0.5, 0.6) is 0 Å². The summed E-state index contributed by atoms with van der Waals surface area (Å²) in [7, 11) is -3.07. The molecule has 0 aliphatic carbocycles. The number of benzene rings is 1. The Bertz CT molecular complexity index is 700. The molecule has 1 aromatic rings. The molecule has 0 radical (unpaired) electrons. The predicted molar refractivity (Wildman–Crippen MR) is 93.0 cm³/mol. The van der Waals surface area contributed by atoms with Gasteiger partial charge in [-0.25, -0.2) is 13.2 Å². The van der Waals surface area contributed by atoms with Crippen LogP contribution >= 0.6 is 11.8 Å². The first-order valence-electron chi connectivity index (χ1n) is 7.67. The highest BCUT2D eigenvalue weighted by Crippen LogP contribution is 2.18. The molecule has 1 fully saturated rings. The van der Waals surface area contributed by atoms with Crippen molar-refractivity contribution in [3.8, 4) is 0 Å². The molecule has 6 nitrogen and oxygen atoms in total. The van der Waals surface area contributed by atoms with Gasteiger partial charge in [-0.3, -0.25) is 4.79 Å². The van der Waals surface area contributed by atoms with E-state index in [9.17, 15) is 18.0 Å². The van der Waals surface area contributed by atoms with Crippen molar-refractivity contribution in [2.75, 3.05) is 30.9 Å². The van der Waals surface area contributed by atoms with Crippen LogP contribution in [0.25, 0.3) is 0 Å². The van der Waals surface area contributed by atoms with E-state index in [4.69, 9.17) is 4.74 Å². The van der Waals surface area contributed by atoms with Crippen molar-refractivity contribution in [2.24, 2.45) is 0 Å². The van der Waals surface area contributed by atoms with Crippen LogP contribution < -0.4 is 0 Å². The average Bonchev–Trinajstić information content (AvgIpc) is 2.93. The summed E-state index contributed by atoms with van der Waals surface area (Å²) in [5.74, 6) is -0.848. The van der Waals surface area contributed by atoms with Crippen molar-refractivity contribution in [2.45, 2.75) is 24.3 Å². The molecule has 0 saturated carbocycles. The molecule has 24 heavy (non-hydrogen) atoms. The number of rotatable bonds is 6. The lowest BCUT2D eigenvalue weighted by atomic mass is 10.2. The van der Waals surface area contributed by atoms with Gasteiger partial charge in [0, 0.05) is 17.5 Å². The number of esters is 1. The van der Waals surface area contributed by atoms with E-state index >= 15 is 0 Å². The molecule has 0 unspecified atom stereocenters. The first kappa shape index (κ1) is 18.8. The van der Waals surface area contributed by atoms with E-state index in [2.05, 4.69) is 0 Å². The fourth-order valence-corrected chi connectivity index (χ4v) is 4.82. The first-order valence-corrected chi connectivity index (χ1v) is 10.7. The summed E-state index contributed by atoms with van der Waals surface area (Å²) >= 11 is 1.57. The summed E-state index contributed by atoms with van der Waals surface area (Å²) < 4.78 is 28.2. The topological polar surface area (TPSA) is 80.8 Å². The summed E-state index contributed by atoms with van der Waals surface area (Å²) in [5, 5.41) is 0. The molecule has 0 spiro atoms. The van der Waals surface area contributed by atoms with Gasteiger partial charge in [0.25, 0.3) is 5.91 Å². The summed E-state index contributed by atoms with van der Waals surface area (Å²) in [5.41, 5.74) is 0.382. The number of hydrogen-bond donors (Lipinski definition) is 0. The third-order valence-electron chi connectivity index (χ3n) is 3.96. The van der Waals surface area contributed by atoms with Crippen molar-refractivity contribution in [1.29, 1.82) is 0 Å². The highest BCUT2D eigenvalue weighted by Gasteiger charge is 2.34. The van der Waals surface area contributed by atoms with E-state index < -0.39 is 15.8 Å². The Morgan fingerprint density at radius 1 is 1.29 bits per heavy atom. The van der Waals surface area contributed by atoms with E-state index in [0.717, 1.165) is 4.90 Å². The molecule has 0 bridgehead atoms. The lowest BCUT2D eigenvalue weighted by molar-refractivity contribution is -0.136. The zero-order valence-corrected chi connectivity index (χ0v) is 15.4. The average molecular weight is 371 g/mol. The summed E-state index contributed by atoms with van der Waals surface area (Å²) in [6.07, 6.45) is 2.38. The van der Waals surface area contributed by atoms with Crippen molar-refractivity contribution >= 4 is 33.5 Å². The fraction of sp³-hybridized carbons (Fsp3) is 0.500. The highest BCUT2D eigenvalue weighted by atomic mass is 32.2. The van der Waals surface area contributed by atoms with E-state index in [1.54, 1.807) is 30.8 Å². The van der Waals surface area contributed by atoms with Gasteiger partial charge in [0.2, 0.25) is 0 Å². The third kappa shape index (κ3) is 4.73. The van der Waals surface area contributed by atoms with Crippen molar-refractivity contribution in [3.63, 3.8) is 0 Å². The van der Waals surface area contributed by atoms with Gasteiger partial charge in [0.15, 0.2) is 16.4 Å². The Hall–Kier alpha value is -1.54. The summed E-state index contributed by atoms with van der Waals surface area (Å²) in [6.45, 7) is 1.79. The van der Waals surface area contributed by atoms with Gasteiger partial charge in [-0.05, 0) is 43.9 Å².